The molecule has 2 aliphatic rings. The first-order valence-corrected chi connectivity index (χ1v) is 9.54. The van der Waals surface area contributed by atoms with Crippen LogP contribution in [-0.4, -0.2) is 24.6 Å². The van der Waals surface area contributed by atoms with E-state index in [0.717, 1.165) is 22.4 Å². The van der Waals surface area contributed by atoms with E-state index in [1.807, 2.05) is 49.4 Å². The van der Waals surface area contributed by atoms with Gasteiger partial charge >= 0.3 is 0 Å². The molecular formula is C19H20N2O2S. The van der Waals surface area contributed by atoms with E-state index in [-0.39, 0.29) is 11.5 Å². The van der Waals surface area contributed by atoms with Gasteiger partial charge in [-0.25, -0.2) is 0 Å². The van der Waals surface area contributed by atoms with E-state index in [1.165, 1.54) is 4.41 Å². The zero-order chi connectivity index (χ0) is 17.1. The second kappa shape index (κ2) is 4.93. The molecule has 124 valence electrons. The van der Waals surface area contributed by atoms with Gasteiger partial charge in [0.15, 0.2) is 0 Å². The Balaban J connectivity index is 1.89. The van der Waals surface area contributed by atoms with Gasteiger partial charge in [-0.1, -0.05) is 61.9 Å². The maximum absolute atomic E-state index is 13.1. The largest absolute Gasteiger partial charge is 0.279 e. The third-order valence-electron chi connectivity index (χ3n) is 5.11. The summed E-state index contributed by atoms with van der Waals surface area (Å²) in [5.74, 6) is 0. The lowest BCUT2D eigenvalue weighted by Crippen LogP contribution is -2.47. The lowest BCUT2D eigenvalue weighted by Gasteiger charge is -2.36. The summed E-state index contributed by atoms with van der Waals surface area (Å²) in [6.45, 7) is 6.16. The predicted octanol–water partition coefficient (Wildman–Crippen LogP) is 3.35. The highest BCUT2D eigenvalue weighted by molar-refractivity contribution is 7.89. The van der Waals surface area contributed by atoms with Crippen LogP contribution in [0.25, 0.3) is 0 Å². The Hall–Kier alpha value is -2.14. The van der Waals surface area contributed by atoms with E-state index < -0.39 is 10.0 Å². The Kier molecular flexibility index (Phi) is 3.16. The van der Waals surface area contributed by atoms with Crippen LogP contribution in [0.4, 0.5) is 0 Å². The number of hydrogen-bond donors (Lipinski definition) is 0. The number of sulfonamides is 1. The molecule has 0 saturated carbocycles. The minimum Gasteiger partial charge on any atom is -0.200 e. The van der Waals surface area contributed by atoms with Crippen LogP contribution in [0.5, 0.6) is 0 Å². The van der Waals surface area contributed by atoms with Crippen LogP contribution in [0.1, 0.15) is 30.5 Å². The molecule has 0 aliphatic carbocycles. The van der Waals surface area contributed by atoms with Crippen molar-refractivity contribution in [3.8, 4) is 0 Å². The van der Waals surface area contributed by atoms with Gasteiger partial charge in [-0.15, -0.1) is 0 Å². The molecule has 2 aliphatic heterocycles. The molecule has 0 unspecified atom stereocenters. The van der Waals surface area contributed by atoms with Gasteiger partial charge in [-0.2, -0.15) is 17.9 Å². The van der Waals surface area contributed by atoms with Crippen molar-refractivity contribution in [2.75, 3.05) is 0 Å². The van der Waals surface area contributed by atoms with E-state index in [4.69, 9.17) is 0 Å². The maximum atomic E-state index is 13.1. The summed E-state index contributed by atoms with van der Waals surface area (Å²) in [4.78, 5) is 0.387. The van der Waals surface area contributed by atoms with E-state index in [0.29, 0.717) is 11.3 Å². The van der Waals surface area contributed by atoms with Crippen LogP contribution in [0.15, 0.2) is 58.5 Å². The molecule has 0 aromatic heterocycles. The number of hydrogen-bond acceptors (Lipinski definition) is 3. The zero-order valence-electron chi connectivity index (χ0n) is 14.0. The quantitative estimate of drug-likeness (QED) is 0.799. The number of rotatable bonds is 1. The Morgan fingerprint density at radius 2 is 1.83 bits per heavy atom. The third-order valence-corrected chi connectivity index (χ3v) is 6.89. The molecule has 0 radical (unpaired) electrons. The van der Waals surface area contributed by atoms with Crippen LogP contribution < -0.4 is 0 Å². The van der Waals surface area contributed by atoms with Crippen molar-refractivity contribution in [3.05, 3.63) is 65.2 Å². The first-order chi connectivity index (χ1) is 11.3. The van der Waals surface area contributed by atoms with E-state index in [9.17, 15) is 8.42 Å². The molecule has 24 heavy (non-hydrogen) atoms. The lowest BCUT2D eigenvalue weighted by atomic mass is 9.76. The number of fused-ring (bicyclic) bond motifs is 2. The van der Waals surface area contributed by atoms with Crippen LogP contribution in [-0.2, 0) is 16.4 Å². The molecule has 2 aromatic rings. The van der Waals surface area contributed by atoms with Gasteiger partial charge in [0, 0.05) is 5.41 Å². The summed E-state index contributed by atoms with van der Waals surface area (Å²) in [5.41, 5.74) is 3.44. The summed E-state index contributed by atoms with van der Waals surface area (Å²) in [6, 6.07) is 15.2. The van der Waals surface area contributed by atoms with Gasteiger partial charge in [0.2, 0.25) is 0 Å². The molecule has 5 heteroatoms. The predicted molar refractivity (Wildman–Crippen MR) is 94.5 cm³/mol. The first-order valence-electron chi connectivity index (χ1n) is 8.10. The highest BCUT2D eigenvalue weighted by Gasteiger charge is 2.52. The first kappa shape index (κ1) is 15.4. The second-order valence-electron chi connectivity index (χ2n) is 7.15. The molecule has 2 heterocycles. The van der Waals surface area contributed by atoms with Crippen molar-refractivity contribution in [1.82, 2.24) is 4.41 Å². The highest BCUT2D eigenvalue weighted by atomic mass is 32.2. The number of nitrogens with zero attached hydrogens (tertiary/aromatic N) is 2. The molecule has 0 bridgehead atoms. The molecule has 0 amide bonds. The fraction of sp³-hybridized carbons (Fsp3) is 0.316. The summed E-state index contributed by atoms with van der Waals surface area (Å²) < 4.78 is 27.5. The summed E-state index contributed by atoms with van der Waals surface area (Å²) in [6.07, 6.45) is 0.684. The molecule has 4 rings (SSSR count). The van der Waals surface area contributed by atoms with Crippen LogP contribution >= 0.6 is 0 Å². The van der Waals surface area contributed by atoms with Crippen LogP contribution in [0.2, 0.25) is 0 Å². The van der Waals surface area contributed by atoms with Gasteiger partial charge in [0.05, 0.1) is 16.6 Å². The zero-order valence-corrected chi connectivity index (χ0v) is 14.8. The standard InChI is InChI=1S/C19H20N2O2S/c1-13-9-10-16-15(11-13)12-17-19(2,3)18(14-7-5-4-6-8-14)20-21(17)24(16,22)23/h4-11,17H,12H2,1-3H3/t17-/m0/s1. The average molecular weight is 340 g/mol. The summed E-state index contributed by atoms with van der Waals surface area (Å²) in [7, 11) is -3.60. The fourth-order valence-electron chi connectivity index (χ4n) is 3.74. The van der Waals surface area contributed by atoms with Crippen molar-refractivity contribution in [3.63, 3.8) is 0 Å². The molecule has 0 saturated heterocycles. The van der Waals surface area contributed by atoms with Crippen LogP contribution in [0.3, 0.4) is 0 Å². The number of hydrazone groups is 1. The van der Waals surface area contributed by atoms with Crippen molar-refractivity contribution < 1.29 is 8.42 Å². The normalized spacial score (nSPS) is 23.4. The Labute approximate surface area is 142 Å². The Morgan fingerprint density at radius 1 is 1.12 bits per heavy atom. The maximum Gasteiger partial charge on any atom is 0.279 e. The van der Waals surface area contributed by atoms with Crippen molar-refractivity contribution in [2.24, 2.45) is 10.5 Å². The van der Waals surface area contributed by atoms with Crippen molar-refractivity contribution in [2.45, 2.75) is 38.1 Å². The Morgan fingerprint density at radius 3 is 2.54 bits per heavy atom. The summed E-state index contributed by atoms with van der Waals surface area (Å²) >= 11 is 0. The number of aryl methyl sites for hydroxylation is 1. The van der Waals surface area contributed by atoms with E-state index in [1.54, 1.807) is 6.07 Å². The van der Waals surface area contributed by atoms with Crippen molar-refractivity contribution in [1.29, 1.82) is 0 Å². The number of benzene rings is 2. The minimum atomic E-state index is -3.60. The van der Waals surface area contributed by atoms with Gasteiger partial charge in [0.25, 0.3) is 10.0 Å². The van der Waals surface area contributed by atoms with E-state index in [2.05, 4.69) is 18.9 Å². The van der Waals surface area contributed by atoms with E-state index >= 15 is 0 Å². The molecule has 0 spiro atoms. The second-order valence-corrected chi connectivity index (χ2v) is 8.91. The topological polar surface area (TPSA) is 49.7 Å². The van der Waals surface area contributed by atoms with Gasteiger partial charge in [0.1, 0.15) is 0 Å². The lowest BCUT2D eigenvalue weighted by molar-refractivity contribution is 0.250. The molecule has 2 aromatic carbocycles. The fourth-order valence-corrected chi connectivity index (χ4v) is 5.52. The van der Waals surface area contributed by atoms with Gasteiger partial charge in [-0.3, -0.25) is 0 Å². The highest BCUT2D eigenvalue weighted by Crippen LogP contribution is 2.44. The molecule has 4 nitrogen and oxygen atoms in total. The van der Waals surface area contributed by atoms with Gasteiger partial charge in [-0.05, 0) is 30.5 Å². The third kappa shape index (κ3) is 2.04. The van der Waals surface area contributed by atoms with Gasteiger partial charge < -0.3 is 0 Å². The summed E-state index contributed by atoms with van der Waals surface area (Å²) in [5, 5.41) is 4.57. The molecule has 0 N–H and O–H groups in total. The van der Waals surface area contributed by atoms with Crippen LogP contribution in [0, 0.1) is 12.3 Å². The average Bonchev–Trinajstić information content (AvgIpc) is 2.80. The monoisotopic (exact) mass is 340 g/mol. The SMILES string of the molecule is Cc1ccc2c(c1)C[C@@H]1N(N=C(c3ccccc3)C1(C)C)S2(=O)=O. The molecular weight excluding hydrogens is 320 g/mol. The molecule has 0 fully saturated rings. The minimum absolute atomic E-state index is 0.188. The van der Waals surface area contributed by atoms with Crippen molar-refractivity contribution >= 4 is 15.7 Å². The Bertz CT molecular complexity index is 947. The smallest absolute Gasteiger partial charge is 0.200 e. The molecule has 1 atom stereocenters.